The number of rotatable bonds is 4. The van der Waals surface area contributed by atoms with E-state index < -0.39 is 0 Å². The Labute approximate surface area is 80.2 Å². The first-order chi connectivity index (χ1) is 6.36. The van der Waals surface area contributed by atoms with Crippen molar-refractivity contribution >= 4 is 0 Å². The van der Waals surface area contributed by atoms with Crippen molar-refractivity contribution in [1.82, 2.24) is 5.32 Å². The standard InChI is InChI=1S/C12H16N/c1-10(13-9-11-7-8-11)12-5-3-2-4-6-12/h2-6,11,13H,7-9H2,1H3. The van der Waals surface area contributed by atoms with Gasteiger partial charge in [0, 0.05) is 0 Å². The second-order valence-electron chi connectivity index (χ2n) is 3.82. The molecule has 2 rings (SSSR count). The van der Waals surface area contributed by atoms with E-state index in [0.29, 0.717) is 0 Å². The molecule has 1 N–H and O–H groups in total. The van der Waals surface area contributed by atoms with Gasteiger partial charge < -0.3 is 5.32 Å². The van der Waals surface area contributed by atoms with Gasteiger partial charge in [-0.05, 0) is 37.8 Å². The van der Waals surface area contributed by atoms with Gasteiger partial charge in [0.1, 0.15) is 0 Å². The summed E-state index contributed by atoms with van der Waals surface area (Å²) in [4.78, 5) is 0. The van der Waals surface area contributed by atoms with E-state index in [2.05, 4.69) is 42.6 Å². The Bertz CT molecular complexity index is 251. The van der Waals surface area contributed by atoms with Gasteiger partial charge in [-0.3, -0.25) is 0 Å². The first kappa shape index (κ1) is 8.76. The number of nitrogens with one attached hydrogen (secondary N) is 1. The van der Waals surface area contributed by atoms with Crippen molar-refractivity contribution in [3.63, 3.8) is 0 Å². The van der Waals surface area contributed by atoms with Crippen LogP contribution in [0.5, 0.6) is 0 Å². The van der Waals surface area contributed by atoms with Crippen LogP contribution < -0.4 is 5.32 Å². The molecule has 1 aromatic carbocycles. The Kier molecular flexibility index (Phi) is 2.65. The highest BCUT2D eigenvalue weighted by molar-refractivity contribution is 5.27. The number of benzene rings is 1. The average molecular weight is 174 g/mol. The van der Waals surface area contributed by atoms with E-state index in [1.807, 2.05) is 0 Å². The van der Waals surface area contributed by atoms with Gasteiger partial charge in [-0.1, -0.05) is 30.3 Å². The molecule has 0 aromatic heterocycles. The lowest BCUT2D eigenvalue weighted by atomic mass is 10.1. The smallest absolute Gasteiger partial charge is 0.0630 e. The molecule has 0 aliphatic heterocycles. The largest absolute Gasteiger partial charge is 0.306 e. The van der Waals surface area contributed by atoms with E-state index in [1.165, 1.54) is 24.4 Å². The van der Waals surface area contributed by atoms with Gasteiger partial charge in [0.2, 0.25) is 0 Å². The van der Waals surface area contributed by atoms with Crippen LogP contribution in [0.3, 0.4) is 0 Å². The van der Waals surface area contributed by atoms with Crippen molar-refractivity contribution in [2.75, 3.05) is 6.54 Å². The van der Waals surface area contributed by atoms with Crippen molar-refractivity contribution in [2.45, 2.75) is 19.8 Å². The van der Waals surface area contributed by atoms with Gasteiger partial charge in [-0.2, -0.15) is 0 Å². The minimum atomic E-state index is 0.943. The van der Waals surface area contributed by atoms with Crippen molar-refractivity contribution in [2.24, 2.45) is 5.92 Å². The molecule has 13 heavy (non-hydrogen) atoms. The minimum Gasteiger partial charge on any atom is -0.306 e. The molecule has 0 spiro atoms. The van der Waals surface area contributed by atoms with Crippen LogP contribution in [0.1, 0.15) is 25.3 Å². The molecule has 0 saturated heterocycles. The molecular weight excluding hydrogens is 158 g/mol. The fraction of sp³-hybridized carbons (Fsp3) is 0.417. The SMILES string of the molecule is C[C](NCC1CC1)c1ccccc1. The molecule has 0 heterocycles. The molecule has 1 saturated carbocycles. The van der Waals surface area contributed by atoms with Crippen molar-refractivity contribution in [3.8, 4) is 0 Å². The van der Waals surface area contributed by atoms with E-state index in [0.717, 1.165) is 12.5 Å². The zero-order chi connectivity index (χ0) is 9.10. The summed E-state index contributed by atoms with van der Waals surface area (Å²) >= 11 is 0. The summed E-state index contributed by atoms with van der Waals surface area (Å²) in [6, 6.07) is 11.8. The fourth-order valence-corrected chi connectivity index (χ4v) is 1.41. The third-order valence-electron chi connectivity index (χ3n) is 2.56. The maximum Gasteiger partial charge on any atom is 0.0630 e. The molecular formula is C12H16N. The zero-order valence-electron chi connectivity index (χ0n) is 8.09. The lowest BCUT2D eigenvalue weighted by Gasteiger charge is -2.12. The summed E-state index contributed by atoms with van der Waals surface area (Å²) < 4.78 is 0. The van der Waals surface area contributed by atoms with Crippen LogP contribution >= 0.6 is 0 Å². The third kappa shape index (κ3) is 2.56. The molecule has 0 atom stereocenters. The van der Waals surface area contributed by atoms with E-state index in [1.54, 1.807) is 0 Å². The normalized spacial score (nSPS) is 16.5. The Morgan fingerprint density at radius 1 is 1.31 bits per heavy atom. The molecule has 69 valence electrons. The van der Waals surface area contributed by atoms with Crippen LogP contribution in [0, 0.1) is 12.0 Å². The second-order valence-corrected chi connectivity index (χ2v) is 3.82. The topological polar surface area (TPSA) is 12.0 Å². The van der Waals surface area contributed by atoms with Crippen molar-refractivity contribution in [3.05, 3.63) is 41.9 Å². The first-order valence-corrected chi connectivity index (χ1v) is 4.99. The second kappa shape index (κ2) is 3.93. The predicted octanol–water partition coefficient (Wildman–Crippen LogP) is 2.59. The van der Waals surface area contributed by atoms with Gasteiger partial charge in [0.15, 0.2) is 0 Å². The molecule has 1 nitrogen and oxygen atoms in total. The Morgan fingerprint density at radius 3 is 2.62 bits per heavy atom. The van der Waals surface area contributed by atoms with Crippen LogP contribution in [0.2, 0.25) is 0 Å². The van der Waals surface area contributed by atoms with Gasteiger partial charge >= 0.3 is 0 Å². The Morgan fingerprint density at radius 2 is 2.00 bits per heavy atom. The highest BCUT2D eigenvalue weighted by Crippen LogP contribution is 2.28. The predicted molar refractivity (Wildman–Crippen MR) is 55.2 cm³/mol. The van der Waals surface area contributed by atoms with Gasteiger partial charge in [-0.15, -0.1) is 0 Å². The highest BCUT2D eigenvalue weighted by atomic mass is 14.9. The van der Waals surface area contributed by atoms with Crippen molar-refractivity contribution in [1.29, 1.82) is 0 Å². The van der Waals surface area contributed by atoms with Crippen molar-refractivity contribution < 1.29 is 0 Å². The summed E-state index contributed by atoms with van der Waals surface area (Å²) in [6.07, 6.45) is 2.82. The molecule has 1 heteroatoms. The summed E-state index contributed by atoms with van der Waals surface area (Å²) in [7, 11) is 0. The number of hydrogen-bond donors (Lipinski definition) is 1. The molecule has 0 bridgehead atoms. The maximum atomic E-state index is 3.48. The summed E-state index contributed by atoms with van der Waals surface area (Å²) in [5.74, 6) is 0.943. The molecule has 0 unspecified atom stereocenters. The van der Waals surface area contributed by atoms with E-state index in [4.69, 9.17) is 0 Å². The zero-order valence-corrected chi connectivity index (χ0v) is 8.09. The fourth-order valence-electron chi connectivity index (χ4n) is 1.41. The number of hydrogen-bond acceptors (Lipinski definition) is 1. The van der Waals surface area contributed by atoms with E-state index >= 15 is 0 Å². The minimum absolute atomic E-state index is 0.943. The van der Waals surface area contributed by atoms with Crippen LogP contribution in [0.4, 0.5) is 0 Å². The lowest BCUT2D eigenvalue weighted by molar-refractivity contribution is 0.669. The summed E-state index contributed by atoms with van der Waals surface area (Å²) in [6.45, 7) is 3.30. The molecule has 1 aliphatic rings. The molecule has 1 fully saturated rings. The monoisotopic (exact) mass is 174 g/mol. The molecule has 1 aromatic rings. The maximum absolute atomic E-state index is 3.48. The first-order valence-electron chi connectivity index (χ1n) is 4.99. The van der Waals surface area contributed by atoms with Crippen LogP contribution in [-0.4, -0.2) is 6.54 Å². The van der Waals surface area contributed by atoms with Gasteiger partial charge in [0.05, 0.1) is 6.04 Å². The lowest BCUT2D eigenvalue weighted by Crippen LogP contribution is -2.21. The molecule has 0 amide bonds. The quantitative estimate of drug-likeness (QED) is 0.739. The summed E-state index contributed by atoms with van der Waals surface area (Å²) in [5, 5.41) is 3.48. The highest BCUT2D eigenvalue weighted by Gasteiger charge is 2.21. The molecule has 1 radical (unpaired) electrons. The van der Waals surface area contributed by atoms with E-state index in [-0.39, 0.29) is 0 Å². The summed E-state index contributed by atoms with van der Waals surface area (Å²) in [5.41, 5.74) is 1.31. The van der Waals surface area contributed by atoms with Gasteiger partial charge in [0.25, 0.3) is 0 Å². The van der Waals surface area contributed by atoms with E-state index in [9.17, 15) is 0 Å². The average Bonchev–Trinajstić information content (AvgIpc) is 2.99. The van der Waals surface area contributed by atoms with Crippen LogP contribution in [0.15, 0.2) is 30.3 Å². The Hall–Kier alpha value is -0.820. The third-order valence-corrected chi connectivity index (χ3v) is 2.56. The Balaban J connectivity index is 1.85. The van der Waals surface area contributed by atoms with Crippen LogP contribution in [0.25, 0.3) is 0 Å². The van der Waals surface area contributed by atoms with Gasteiger partial charge in [-0.25, -0.2) is 0 Å². The van der Waals surface area contributed by atoms with Crippen LogP contribution in [-0.2, 0) is 0 Å². The molecule has 1 aliphatic carbocycles.